The lowest BCUT2D eigenvalue weighted by Gasteiger charge is -2.21. The van der Waals surface area contributed by atoms with E-state index in [1.54, 1.807) is 18.0 Å². The number of pyridine rings is 1. The van der Waals surface area contributed by atoms with Gasteiger partial charge < -0.3 is 10.0 Å². The largest absolute Gasteiger partial charge is 0.481 e. The van der Waals surface area contributed by atoms with E-state index in [9.17, 15) is 14.7 Å². The smallest absolute Gasteiger partial charge is 0.311 e. The monoisotopic (exact) mass is 334 g/mol. The van der Waals surface area contributed by atoms with Gasteiger partial charge in [0.05, 0.1) is 16.5 Å². The fourth-order valence-electron chi connectivity index (χ4n) is 3.57. The number of hydrogen-bond donors (Lipinski definition) is 1. The predicted octanol–water partition coefficient (Wildman–Crippen LogP) is 3.32. The van der Waals surface area contributed by atoms with Crippen LogP contribution in [0.5, 0.6) is 0 Å². The first-order valence-electron chi connectivity index (χ1n) is 8.29. The number of hydrogen-bond acceptors (Lipinski definition) is 3. The minimum Gasteiger partial charge on any atom is -0.481 e. The molecule has 25 heavy (non-hydrogen) atoms. The molecule has 5 nitrogen and oxygen atoms in total. The van der Waals surface area contributed by atoms with Crippen LogP contribution in [-0.4, -0.2) is 40.0 Å². The van der Waals surface area contributed by atoms with Crippen LogP contribution in [0.15, 0.2) is 48.7 Å². The zero-order valence-electron chi connectivity index (χ0n) is 13.9. The van der Waals surface area contributed by atoms with Crippen LogP contribution in [0.2, 0.25) is 0 Å². The van der Waals surface area contributed by atoms with E-state index in [4.69, 9.17) is 0 Å². The van der Waals surface area contributed by atoms with E-state index in [2.05, 4.69) is 4.98 Å². The van der Waals surface area contributed by atoms with E-state index in [0.29, 0.717) is 24.0 Å². The molecule has 5 heteroatoms. The average Bonchev–Trinajstić information content (AvgIpc) is 3.04. The second kappa shape index (κ2) is 5.55. The minimum absolute atomic E-state index is 0.153. The molecule has 1 saturated heterocycles. The molecule has 2 aromatic carbocycles. The standard InChI is InChI=1S/C20H18N2O3/c1-20(19(24)25)8-10-22(12-20)18(23)16-11-13-5-2-3-6-14(13)15-7-4-9-21-17(15)16/h2-7,9,11H,8,10,12H2,1H3,(H,24,25). The molecule has 0 radical (unpaired) electrons. The van der Waals surface area contributed by atoms with Crippen molar-refractivity contribution in [2.75, 3.05) is 13.1 Å². The van der Waals surface area contributed by atoms with Crippen molar-refractivity contribution < 1.29 is 14.7 Å². The third kappa shape index (κ3) is 2.43. The fourth-order valence-corrected chi connectivity index (χ4v) is 3.57. The molecule has 0 saturated carbocycles. The summed E-state index contributed by atoms with van der Waals surface area (Å²) in [6, 6.07) is 13.6. The molecule has 3 aromatic rings. The van der Waals surface area contributed by atoms with Gasteiger partial charge in [0.2, 0.25) is 0 Å². The van der Waals surface area contributed by atoms with Crippen LogP contribution in [0, 0.1) is 5.41 Å². The highest BCUT2D eigenvalue weighted by Crippen LogP contribution is 2.33. The highest BCUT2D eigenvalue weighted by Gasteiger charge is 2.42. The van der Waals surface area contributed by atoms with Crippen LogP contribution < -0.4 is 0 Å². The van der Waals surface area contributed by atoms with Crippen molar-refractivity contribution in [1.29, 1.82) is 0 Å². The molecule has 1 unspecified atom stereocenters. The van der Waals surface area contributed by atoms with Crippen LogP contribution in [0.25, 0.3) is 21.7 Å². The van der Waals surface area contributed by atoms with E-state index >= 15 is 0 Å². The summed E-state index contributed by atoms with van der Waals surface area (Å²) >= 11 is 0. The van der Waals surface area contributed by atoms with E-state index in [1.165, 1.54) is 0 Å². The van der Waals surface area contributed by atoms with Gasteiger partial charge in [0.15, 0.2) is 0 Å². The van der Waals surface area contributed by atoms with Gasteiger partial charge in [0.25, 0.3) is 5.91 Å². The molecule has 1 aromatic heterocycles. The number of carbonyl (C=O) groups excluding carboxylic acids is 1. The first-order chi connectivity index (χ1) is 12.0. The second-order valence-corrected chi connectivity index (χ2v) is 6.89. The normalized spacial score (nSPS) is 20.3. The minimum atomic E-state index is -0.879. The third-order valence-corrected chi connectivity index (χ3v) is 5.12. The maximum absolute atomic E-state index is 13.1. The zero-order valence-corrected chi connectivity index (χ0v) is 13.9. The Morgan fingerprint density at radius 1 is 1.16 bits per heavy atom. The maximum atomic E-state index is 13.1. The lowest BCUT2D eigenvalue weighted by molar-refractivity contribution is -0.147. The van der Waals surface area contributed by atoms with Crippen molar-refractivity contribution >= 4 is 33.6 Å². The molecule has 2 heterocycles. The summed E-state index contributed by atoms with van der Waals surface area (Å²) in [5.74, 6) is -1.01. The molecule has 0 aliphatic carbocycles. The summed E-state index contributed by atoms with van der Waals surface area (Å²) < 4.78 is 0. The number of nitrogens with zero attached hydrogens (tertiary/aromatic N) is 2. The van der Waals surface area contributed by atoms with Gasteiger partial charge in [0, 0.05) is 24.7 Å². The van der Waals surface area contributed by atoms with E-state index in [1.807, 2.05) is 42.5 Å². The quantitative estimate of drug-likeness (QED) is 0.730. The summed E-state index contributed by atoms with van der Waals surface area (Å²) in [5.41, 5.74) is 0.314. The van der Waals surface area contributed by atoms with Crippen LogP contribution in [0.4, 0.5) is 0 Å². The molecule has 4 rings (SSSR count). The van der Waals surface area contributed by atoms with Gasteiger partial charge in [-0.05, 0) is 36.2 Å². The van der Waals surface area contributed by atoms with Crippen LogP contribution in [-0.2, 0) is 4.79 Å². The number of amides is 1. The lowest BCUT2D eigenvalue weighted by Crippen LogP contribution is -2.35. The predicted molar refractivity (Wildman–Crippen MR) is 95.5 cm³/mol. The Bertz CT molecular complexity index is 1010. The Hall–Kier alpha value is -2.95. The molecule has 1 fully saturated rings. The Morgan fingerprint density at radius 2 is 1.92 bits per heavy atom. The molecule has 1 aliphatic heterocycles. The highest BCUT2D eigenvalue weighted by atomic mass is 16.4. The lowest BCUT2D eigenvalue weighted by atomic mass is 9.90. The molecule has 1 atom stereocenters. The number of aliphatic carboxylic acids is 1. The number of rotatable bonds is 2. The molecule has 1 amide bonds. The second-order valence-electron chi connectivity index (χ2n) is 6.89. The molecular formula is C20H18N2O3. The summed E-state index contributed by atoms with van der Waals surface area (Å²) in [4.78, 5) is 30.6. The highest BCUT2D eigenvalue weighted by molar-refractivity contribution is 6.15. The van der Waals surface area contributed by atoms with Crippen molar-refractivity contribution in [2.24, 2.45) is 5.41 Å². The van der Waals surface area contributed by atoms with E-state index in [0.717, 1.165) is 16.2 Å². The van der Waals surface area contributed by atoms with Crippen molar-refractivity contribution in [1.82, 2.24) is 9.88 Å². The van der Waals surface area contributed by atoms with Crippen molar-refractivity contribution in [2.45, 2.75) is 13.3 Å². The number of carboxylic acids is 1. The molecule has 0 spiro atoms. The molecule has 1 aliphatic rings. The van der Waals surface area contributed by atoms with Crippen molar-refractivity contribution in [3.8, 4) is 0 Å². The first kappa shape index (κ1) is 15.6. The summed E-state index contributed by atoms with van der Waals surface area (Å²) in [7, 11) is 0. The van der Waals surface area contributed by atoms with Gasteiger partial charge in [-0.1, -0.05) is 30.3 Å². The Kier molecular flexibility index (Phi) is 3.46. The number of likely N-dealkylation sites (tertiary alicyclic amines) is 1. The Labute approximate surface area is 144 Å². The summed E-state index contributed by atoms with van der Waals surface area (Å²) in [6.45, 7) is 2.37. The van der Waals surface area contributed by atoms with E-state index in [-0.39, 0.29) is 12.5 Å². The number of fused-ring (bicyclic) bond motifs is 3. The maximum Gasteiger partial charge on any atom is 0.311 e. The SMILES string of the molecule is CC1(C(=O)O)CCN(C(=O)c2cc3ccccc3c3cccnc23)C1. The van der Waals surface area contributed by atoms with Gasteiger partial charge in [0.1, 0.15) is 0 Å². The number of carboxylic acid groups (broad SMARTS) is 1. The molecule has 0 bridgehead atoms. The molecular weight excluding hydrogens is 316 g/mol. The topological polar surface area (TPSA) is 70.5 Å². The van der Waals surface area contributed by atoms with Gasteiger partial charge in [-0.25, -0.2) is 0 Å². The zero-order chi connectivity index (χ0) is 17.6. The summed E-state index contributed by atoms with van der Waals surface area (Å²) in [6.07, 6.45) is 2.15. The van der Waals surface area contributed by atoms with Crippen molar-refractivity contribution in [3.05, 3.63) is 54.2 Å². The number of benzene rings is 2. The number of carbonyl (C=O) groups is 2. The Morgan fingerprint density at radius 3 is 2.68 bits per heavy atom. The van der Waals surface area contributed by atoms with Crippen LogP contribution in [0.3, 0.4) is 0 Å². The van der Waals surface area contributed by atoms with E-state index < -0.39 is 11.4 Å². The van der Waals surface area contributed by atoms with Crippen molar-refractivity contribution in [3.63, 3.8) is 0 Å². The fraction of sp³-hybridized carbons (Fsp3) is 0.250. The van der Waals surface area contributed by atoms with Gasteiger partial charge in [-0.15, -0.1) is 0 Å². The van der Waals surface area contributed by atoms with Crippen LogP contribution >= 0.6 is 0 Å². The first-order valence-corrected chi connectivity index (χ1v) is 8.29. The number of aromatic nitrogens is 1. The molecule has 1 N–H and O–H groups in total. The van der Waals surface area contributed by atoms with Gasteiger partial charge in [-0.2, -0.15) is 0 Å². The van der Waals surface area contributed by atoms with Gasteiger partial charge in [-0.3, -0.25) is 14.6 Å². The van der Waals surface area contributed by atoms with Gasteiger partial charge >= 0.3 is 5.97 Å². The summed E-state index contributed by atoms with van der Waals surface area (Å²) in [5, 5.41) is 12.4. The van der Waals surface area contributed by atoms with Crippen LogP contribution in [0.1, 0.15) is 23.7 Å². The molecule has 126 valence electrons. The third-order valence-electron chi connectivity index (χ3n) is 5.12. The Balaban J connectivity index is 1.83. The average molecular weight is 334 g/mol.